The van der Waals surface area contributed by atoms with Gasteiger partial charge in [0.25, 0.3) is 0 Å². The third-order valence-electron chi connectivity index (χ3n) is 6.99. The molecule has 1 aliphatic heterocycles. The fourth-order valence-electron chi connectivity index (χ4n) is 4.96. The quantitative estimate of drug-likeness (QED) is 0.234. The third kappa shape index (κ3) is 5.98. The van der Waals surface area contributed by atoms with E-state index < -0.39 is 0 Å². The maximum atomic E-state index is 5.88. The van der Waals surface area contributed by atoms with Crippen LogP contribution in [0.1, 0.15) is 19.3 Å². The molecule has 5 heterocycles. The largest absolute Gasteiger partial charge is 0.369 e. The Morgan fingerprint density at radius 1 is 0.675 bits per heavy atom. The number of hydrogen-bond donors (Lipinski definition) is 1. The van der Waals surface area contributed by atoms with Crippen LogP contribution in [0.4, 0.5) is 5.82 Å². The molecule has 1 N–H and O–H groups in total. The van der Waals surface area contributed by atoms with Gasteiger partial charge in [0.1, 0.15) is 11.0 Å². The van der Waals surface area contributed by atoms with Gasteiger partial charge >= 0.3 is 0 Å². The number of rotatable bonds is 7. The van der Waals surface area contributed by atoms with Gasteiger partial charge in [-0.25, -0.2) is 19.0 Å². The lowest BCUT2D eigenvalue weighted by molar-refractivity contribution is 0.337. The molecule has 4 aromatic heterocycles. The number of benzene rings is 2. The zero-order chi connectivity index (χ0) is 27.1. The Balaban J connectivity index is 0.000000157. The molecule has 1 fully saturated rings. The van der Waals surface area contributed by atoms with Crippen molar-refractivity contribution < 1.29 is 0 Å². The highest BCUT2D eigenvalue weighted by Gasteiger charge is 2.11. The highest BCUT2D eigenvalue weighted by molar-refractivity contribution is 6.29. The molecule has 0 aliphatic carbocycles. The monoisotopic (exact) mass is 550 g/mol. The topological polar surface area (TPSA) is 75.7 Å². The van der Waals surface area contributed by atoms with Gasteiger partial charge in [0, 0.05) is 17.7 Å². The highest BCUT2D eigenvalue weighted by Crippen LogP contribution is 2.21. The molecule has 8 nitrogen and oxygen atoms in total. The van der Waals surface area contributed by atoms with E-state index in [0.717, 1.165) is 52.6 Å². The van der Waals surface area contributed by atoms with Crippen LogP contribution in [0.15, 0.2) is 97.3 Å². The molecule has 0 spiro atoms. The molecular formula is C31H31ClN8. The van der Waals surface area contributed by atoms with Crippen molar-refractivity contribution in [1.82, 2.24) is 34.1 Å². The van der Waals surface area contributed by atoms with Crippen LogP contribution in [0.25, 0.3) is 33.8 Å². The van der Waals surface area contributed by atoms with Gasteiger partial charge in [-0.15, -0.1) is 5.10 Å². The molecule has 0 amide bonds. The van der Waals surface area contributed by atoms with E-state index in [9.17, 15) is 0 Å². The molecule has 202 valence electrons. The molecule has 9 heteroatoms. The smallest absolute Gasteiger partial charge is 0.154 e. The first-order valence-corrected chi connectivity index (χ1v) is 14.0. The Hall–Kier alpha value is -4.27. The summed E-state index contributed by atoms with van der Waals surface area (Å²) in [6.07, 6.45) is 7.54. The second-order valence-corrected chi connectivity index (χ2v) is 10.1. The van der Waals surface area contributed by atoms with Crippen molar-refractivity contribution in [2.45, 2.75) is 19.3 Å². The summed E-state index contributed by atoms with van der Waals surface area (Å²) in [5.41, 5.74) is 5.83. The van der Waals surface area contributed by atoms with Crippen molar-refractivity contribution in [3.63, 3.8) is 0 Å². The van der Waals surface area contributed by atoms with Gasteiger partial charge in [-0.1, -0.05) is 72.3 Å². The van der Waals surface area contributed by atoms with Gasteiger partial charge in [-0.3, -0.25) is 0 Å². The number of anilines is 1. The van der Waals surface area contributed by atoms with Crippen molar-refractivity contribution in [3.8, 4) is 22.5 Å². The fraction of sp³-hybridized carbons (Fsp3) is 0.226. The summed E-state index contributed by atoms with van der Waals surface area (Å²) in [6, 6.07) is 27.9. The zero-order valence-electron chi connectivity index (χ0n) is 22.2. The first-order chi connectivity index (χ1) is 19.7. The summed E-state index contributed by atoms with van der Waals surface area (Å²) >= 11 is 5.88. The molecule has 7 rings (SSSR count). The molecule has 2 aromatic carbocycles. The highest BCUT2D eigenvalue weighted by atomic mass is 35.5. The molecule has 0 saturated carbocycles. The molecule has 1 saturated heterocycles. The Bertz CT molecular complexity index is 1670. The van der Waals surface area contributed by atoms with Crippen molar-refractivity contribution in [2.75, 3.05) is 31.5 Å². The van der Waals surface area contributed by atoms with Crippen molar-refractivity contribution in [2.24, 2.45) is 0 Å². The lowest BCUT2D eigenvalue weighted by atomic mass is 10.2. The number of halogens is 1. The SMILES string of the molecule is Clc1ccc2ncc(-c3ccccc3)n2n1.c1ccc(-c2cnc3ccc(NCCCN4CCCC4)nn23)cc1. The molecule has 0 radical (unpaired) electrons. The Morgan fingerprint density at radius 3 is 1.88 bits per heavy atom. The number of fused-ring (bicyclic) bond motifs is 2. The van der Waals surface area contributed by atoms with Gasteiger partial charge in [0.15, 0.2) is 11.3 Å². The standard InChI is InChI=1S/C19H23N5.C12H8ClN3/c1-2-7-16(8-3-1)17-15-21-19-10-9-18(22-24(17)19)20-11-6-14-23-12-4-5-13-23;13-11-6-7-12-14-8-10(16(12)15-11)9-4-2-1-3-5-9/h1-3,7-10,15H,4-6,11-14H2,(H,20,22);1-8H. The van der Waals surface area contributed by atoms with Gasteiger partial charge in [0.05, 0.1) is 23.8 Å². The van der Waals surface area contributed by atoms with Crippen molar-refractivity contribution in [3.05, 3.63) is 102 Å². The average molecular weight is 551 g/mol. The molecule has 6 aromatic rings. The van der Waals surface area contributed by atoms with Crippen molar-refractivity contribution >= 4 is 28.7 Å². The minimum Gasteiger partial charge on any atom is -0.369 e. The van der Waals surface area contributed by atoms with E-state index in [1.54, 1.807) is 16.8 Å². The van der Waals surface area contributed by atoms with E-state index >= 15 is 0 Å². The van der Waals surface area contributed by atoms with E-state index in [0.29, 0.717) is 5.15 Å². The summed E-state index contributed by atoms with van der Waals surface area (Å²) in [7, 11) is 0. The predicted molar refractivity (Wildman–Crippen MR) is 161 cm³/mol. The zero-order valence-corrected chi connectivity index (χ0v) is 23.0. The number of aromatic nitrogens is 6. The van der Waals surface area contributed by atoms with E-state index in [4.69, 9.17) is 16.7 Å². The normalized spacial score (nSPS) is 13.4. The number of likely N-dealkylation sites (tertiary alicyclic amines) is 1. The van der Waals surface area contributed by atoms with Crippen LogP contribution in [-0.4, -0.2) is 60.3 Å². The minimum atomic E-state index is 0.461. The predicted octanol–water partition coefficient (Wildman–Crippen LogP) is 6.34. The van der Waals surface area contributed by atoms with Crippen LogP contribution in [0.2, 0.25) is 5.15 Å². The van der Waals surface area contributed by atoms with Crippen molar-refractivity contribution in [1.29, 1.82) is 0 Å². The average Bonchev–Trinajstić information content (AvgIpc) is 3.76. The Kier molecular flexibility index (Phi) is 7.97. The van der Waals surface area contributed by atoms with Crippen LogP contribution < -0.4 is 5.32 Å². The van der Waals surface area contributed by atoms with Crippen LogP contribution in [0.5, 0.6) is 0 Å². The second kappa shape index (κ2) is 12.3. The summed E-state index contributed by atoms with van der Waals surface area (Å²) in [5, 5.41) is 12.8. The van der Waals surface area contributed by atoms with Crippen LogP contribution in [-0.2, 0) is 0 Å². The Morgan fingerprint density at radius 2 is 1.25 bits per heavy atom. The van der Waals surface area contributed by atoms with E-state index in [1.807, 2.05) is 77.4 Å². The molecule has 40 heavy (non-hydrogen) atoms. The second-order valence-electron chi connectivity index (χ2n) is 9.76. The molecule has 0 atom stereocenters. The number of nitrogens with one attached hydrogen (secondary N) is 1. The number of nitrogens with zero attached hydrogens (tertiary/aromatic N) is 7. The molecule has 0 bridgehead atoms. The molecule has 1 aliphatic rings. The third-order valence-corrected chi connectivity index (χ3v) is 7.19. The fourth-order valence-corrected chi connectivity index (χ4v) is 5.09. The van der Waals surface area contributed by atoms with E-state index in [2.05, 4.69) is 37.4 Å². The Labute approximate surface area is 238 Å². The van der Waals surface area contributed by atoms with Crippen LogP contribution >= 0.6 is 11.6 Å². The summed E-state index contributed by atoms with van der Waals surface area (Å²) < 4.78 is 3.66. The van der Waals surface area contributed by atoms with Crippen LogP contribution in [0.3, 0.4) is 0 Å². The summed E-state index contributed by atoms with van der Waals surface area (Å²) in [4.78, 5) is 11.3. The van der Waals surface area contributed by atoms with E-state index in [-0.39, 0.29) is 0 Å². The first-order valence-electron chi connectivity index (χ1n) is 13.7. The van der Waals surface area contributed by atoms with Gasteiger partial charge in [-0.2, -0.15) is 5.10 Å². The number of imidazole rings is 2. The van der Waals surface area contributed by atoms with Gasteiger partial charge in [0.2, 0.25) is 0 Å². The number of hydrogen-bond acceptors (Lipinski definition) is 6. The van der Waals surface area contributed by atoms with Gasteiger partial charge < -0.3 is 10.2 Å². The molecule has 0 unspecified atom stereocenters. The minimum absolute atomic E-state index is 0.461. The summed E-state index contributed by atoms with van der Waals surface area (Å²) in [6.45, 7) is 4.65. The lowest BCUT2D eigenvalue weighted by Gasteiger charge is -2.14. The van der Waals surface area contributed by atoms with E-state index in [1.165, 1.54) is 32.5 Å². The summed E-state index contributed by atoms with van der Waals surface area (Å²) in [5.74, 6) is 0.902. The van der Waals surface area contributed by atoms with Crippen LogP contribution in [0, 0.1) is 0 Å². The maximum absolute atomic E-state index is 5.88. The van der Waals surface area contributed by atoms with Gasteiger partial charge in [-0.05, 0) is 63.2 Å². The first kappa shape index (κ1) is 26.0. The maximum Gasteiger partial charge on any atom is 0.154 e. The lowest BCUT2D eigenvalue weighted by Crippen LogP contribution is -2.22. The molecular weight excluding hydrogens is 520 g/mol.